The largest absolute Gasteiger partial charge is 0.508 e. The zero-order valence-electron chi connectivity index (χ0n) is 10.2. The highest BCUT2D eigenvalue weighted by atomic mass is 16.6. The topological polar surface area (TPSA) is 77.0 Å². The molecule has 0 spiro atoms. The highest BCUT2D eigenvalue weighted by Gasteiger charge is 2.03. The number of methoxy groups -OCH3 is 1. The molecule has 0 saturated heterocycles. The molecule has 0 heterocycles. The Morgan fingerprint density at radius 2 is 1.94 bits per heavy atom. The van der Waals surface area contributed by atoms with Crippen LogP contribution in [0.1, 0.15) is 0 Å². The Bertz CT molecular complexity index is 352. The number of hydrogen-bond acceptors (Lipinski definition) is 5. The van der Waals surface area contributed by atoms with Gasteiger partial charge in [-0.1, -0.05) is 0 Å². The summed E-state index contributed by atoms with van der Waals surface area (Å²) in [6.07, 6.45) is -0.559. The Morgan fingerprint density at radius 3 is 2.61 bits per heavy atom. The molecule has 18 heavy (non-hydrogen) atoms. The van der Waals surface area contributed by atoms with Gasteiger partial charge in [0.15, 0.2) is 0 Å². The van der Waals surface area contributed by atoms with Crippen molar-refractivity contribution in [3.8, 4) is 11.5 Å². The van der Waals surface area contributed by atoms with E-state index in [0.717, 1.165) is 0 Å². The molecule has 0 unspecified atom stereocenters. The minimum absolute atomic E-state index is 0.120. The fourth-order valence-corrected chi connectivity index (χ4v) is 1.13. The highest BCUT2D eigenvalue weighted by Crippen LogP contribution is 2.15. The van der Waals surface area contributed by atoms with E-state index in [1.807, 2.05) is 0 Å². The first-order chi connectivity index (χ1) is 8.72. The van der Waals surface area contributed by atoms with Crippen molar-refractivity contribution in [2.75, 3.05) is 33.5 Å². The summed E-state index contributed by atoms with van der Waals surface area (Å²) in [5, 5.41) is 11.6. The summed E-state index contributed by atoms with van der Waals surface area (Å²) in [7, 11) is 1.59. The minimum atomic E-state index is -0.559. The van der Waals surface area contributed by atoms with Crippen molar-refractivity contribution >= 4 is 6.09 Å². The second kappa shape index (κ2) is 8.32. The van der Waals surface area contributed by atoms with Crippen LogP contribution >= 0.6 is 0 Å². The Hall–Kier alpha value is -1.79. The molecule has 6 nitrogen and oxygen atoms in total. The Kier molecular flexibility index (Phi) is 6.60. The summed E-state index contributed by atoms with van der Waals surface area (Å²) in [6, 6.07) is 5.89. The number of rotatable bonds is 7. The molecular formula is C12H17NO5. The summed E-state index contributed by atoms with van der Waals surface area (Å²) < 4.78 is 14.9. The van der Waals surface area contributed by atoms with Crippen molar-refractivity contribution < 1.29 is 24.1 Å². The van der Waals surface area contributed by atoms with Crippen molar-refractivity contribution in [2.24, 2.45) is 0 Å². The van der Waals surface area contributed by atoms with E-state index in [2.05, 4.69) is 5.32 Å². The first-order valence-electron chi connectivity index (χ1n) is 5.54. The number of benzene rings is 1. The first-order valence-corrected chi connectivity index (χ1v) is 5.54. The smallest absolute Gasteiger partial charge is 0.412 e. The molecule has 0 radical (unpaired) electrons. The van der Waals surface area contributed by atoms with Crippen LogP contribution in [-0.2, 0) is 9.47 Å². The van der Waals surface area contributed by atoms with Crippen LogP contribution in [0.5, 0.6) is 11.5 Å². The number of carbonyl (C=O) groups is 1. The molecule has 0 aliphatic heterocycles. The van der Waals surface area contributed by atoms with Gasteiger partial charge in [-0.15, -0.1) is 0 Å². The number of phenols is 1. The normalized spacial score (nSPS) is 10.1. The summed E-state index contributed by atoms with van der Waals surface area (Å²) in [4.78, 5) is 11.3. The molecule has 0 fully saturated rings. The molecule has 0 saturated carbocycles. The summed E-state index contributed by atoms with van der Waals surface area (Å²) in [5.74, 6) is 0.486. The van der Waals surface area contributed by atoms with Gasteiger partial charge in [0.2, 0.25) is 0 Å². The lowest BCUT2D eigenvalue weighted by Crippen LogP contribution is -2.30. The Balaban J connectivity index is 2.12. The van der Waals surface area contributed by atoms with Gasteiger partial charge in [-0.05, 0) is 24.3 Å². The van der Waals surface area contributed by atoms with Crippen LogP contribution in [0.3, 0.4) is 0 Å². The van der Waals surface area contributed by atoms with E-state index in [1.165, 1.54) is 24.3 Å². The number of carbonyl (C=O) groups excluding carboxylic acids is 1. The molecule has 1 amide bonds. The number of phenolic OH excluding ortho intramolecular Hbond substituents is 1. The third-order valence-electron chi connectivity index (χ3n) is 1.99. The number of nitrogens with one attached hydrogen (secondary N) is 1. The van der Waals surface area contributed by atoms with E-state index >= 15 is 0 Å². The predicted octanol–water partition coefficient (Wildman–Crippen LogP) is 1.14. The summed E-state index contributed by atoms with van der Waals surface area (Å²) >= 11 is 0. The molecule has 100 valence electrons. The van der Waals surface area contributed by atoms with Gasteiger partial charge in [-0.3, -0.25) is 0 Å². The average Bonchev–Trinajstić information content (AvgIpc) is 2.36. The van der Waals surface area contributed by atoms with E-state index in [1.54, 1.807) is 7.11 Å². The zero-order chi connectivity index (χ0) is 13.2. The van der Waals surface area contributed by atoms with Crippen molar-refractivity contribution in [3.05, 3.63) is 24.3 Å². The molecule has 0 aromatic heterocycles. The molecule has 1 aromatic carbocycles. The quantitative estimate of drug-likeness (QED) is 0.714. The third-order valence-corrected chi connectivity index (χ3v) is 1.99. The SMILES string of the molecule is COCCOCCNC(=O)Oc1ccc(O)cc1. The standard InChI is InChI=1S/C12H17NO5/c1-16-8-9-17-7-6-13-12(15)18-11-4-2-10(14)3-5-11/h2-5,14H,6-9H2,1H3,(H,13,15). The first kappa shape index (κ1) is 14.3. The monoisotopic (exact) mass is 255 g/mol. The molecule has 0 atom stereocenters. The Morgan fingerprint density at radius 1 is 1.22 bits per heavy atom. The van der Waals surface area contributed by atoms with Gasteiger partial charge in [0, 0.05) is 13.7 Å². The van der Waals surface area contributed by atoms with Crippen LogP contribution in [0.4, 0.5) is 4.79 Å². The lowest BCUT2D eigenvalue weighted by Gasteiger charge is -2.07. The maximum Gasteiger partial charge on any atom is 0.412 e. The van der Waals surface area contributed by atoms with E-state index in [0.29, 0.717) is 32.1 Å². The number of ether oxygens (including phenoxy) is 3. The fraction of sp³-hybridized carbons (Fsp3) is 0.417. The molecular weight excluding hydrogens is 238 g/mol. The zero-order valence-corrected chi connectivity index (χ0v) is 10.2. The van der Waals surface area contributed by atoms with Gasteiger partial charge in [0.1, 0.15) is 11.5 Å². The van der Waals surface area contributed by atoms with Gasteiger partial charge in [0.05, 0.1) is 19.8 Å². The minimum Gasteiger partial charge on any atom is -0.508 e. The van der Waals surface area contributed by atoms with Crippen molar-refractivity contribution in [1.29, 1.82) is 0 Å². The van der Waals surface area contributed by atoms with Crippen molar-refractivity contribution in [2.45, 2.75) is 0 Å². The summed E-state index contributed by atoms with van der Waals surface area (Å²) in [5.41, 5.74) is 0. The summed E-state index contributed by atoms with van der Waals surface area (Å²) in [6.45, 7) is 1.78. The molecule has 1 rings (SSSR count). The van der Waals surface area contributed by atoms with Gasteiger partial charge < -0.3 is 24.6 Å². The van der Waals surface area contributed by atoms with Crippen LogP contribution in [0.15, 0.2) is 24.3 Å². The number of hydrogen-bond donors (Lipinski definition) is 2. The van der Waals surface area contributed by atoms with E-state index in [-0.39, 0.29) is 5.75 Å². The van der Waals surface area contributed by atoms with Gasteiger partial charge in [0.25, 0.3) is 0 Å². The molecule has 6 heteroatoms. The molecule has 2 N–H and O–H groups in total. The second-order valence-corrected chi connectivity index (χ2v) is 3.42. The van der Waals surface area contributed by atoms with Crippen LogP contribution in [0.2, 0.25) is 0 Å². The maximum atomic E-state index is 11.3. The number of aromatic hydroxyl groups is 1. The van der Waals surface area contributed by atoms with E-state index in [4.69, 9.17) is 19.3 Å². The number of amides is 1. The molecule has 0 aliphatic carbocycles. The molecule has 1 aromatic rings. The molecule has 0 aliphatic rings. The van der Waals surface area contributed by atoms with Crippen LogP contribution in [-0.4, -0.2) is 44.7 Å². The lowest BCUT2D eigenvalue weighted by molar-refractivity contribution is 0.0719. The van der Waals surface area contributed by atoms with Gasteiger partial charge in [-0.25, -0.2) is 4.79 Å². The lowest BCUT2D eigenvalue weighted by atomic mass is 10.3. The predicted molar refractivity (Wildman–Crippen MR) is 64.8 cm³/mol. The van der Waals surface area contributed by atoms with Crippen LogP contribution in [0, 0.1) is 0 Å². The van der Waals surface area contributed by atoms with Crippen LogP contribution < -0.4 is 10.1 Å². The van der Waals surface area contributed by atoms with Gasteiger partial charge in [-0.2, -0.15) is 0 Å². The second-order valence-electron chi connectivity index (χ2n) is 3.42. The van der Waals surface area contributed by atoms with Crippen LogP contribution in [0.25, 0.3) is 0 Å². The average molecular weight is 255 g/mol. The fourth-order valence-electron chi connectivity index (χ4n) is 1.13. The Labute approximate surface area is 105 Å². The maximum absolute atomic E-state index is 11.3. The van der Waals surface area contributed by atoms with Crippen molar-refractivity contribution in [3.63, 3.8) is 0 Å². The van der Waals surface area contributed by atoms with Gasteiger partial charge >= 0.3 is 6.09 Å². The van der Waals surface area contributed by atoms with Crippen molar-refractivity contribution in [1.82, 2.24) is 5.32 Å². The van der Waals surface area contributed by atoms with E-state index < -0.39 is 6.09 Å². The third kappa shape index (κ3) is 6.07. The molecule has 0 bridgehead atoms. The van der Waals surface area contributed by atoms with E-state index in [9.17, 15) is 4.79 Å². The highest BCUT2D eigenvalue weighted by molar-refractivity contribution is 5.70.